The van der Waals surface area contributed by atoms with E-state index in [2.05, 4.69) is 20.3 Å². The number of piperazine rings is 1. The first kappa shape index (κ1) is 10.6. The summed E-state index contributed by atoms with van der Waals surface area (Å²) in [5.41, 5.74) is 0. The summed E-state index contributed by atoms with van der Waals surface area (Å²) in [5, 5.41) is 7.71. The van der Waals surface area contributed by atoms with Gasteiger partial charge in [-0.15, -0.1) is 0 Å². The highest BCUT2D eigenvalue weighted by Gasteiger charge is 2.10. The van der Waals surface area contributed by atoms with E-state index in [1.165, 1.54) is 0 Å². The first-order chi connectivity index (χ1) is 7.25. The van der Waals surface area contributed by atoms with E-state index in [9.17, 15) is 0 Å². The summed E-state index contributed by atoms with van der Waals surface area (Å²) in [6.45, 7) is 10.5. The number of rotatable bonds is 3. The quantitative estimate of drug-likeness (QED) is 0.749. The Bertz CT molecular complexity index is 314. The molecule has 5 heteroatoms. The van der Waals surface area contributed by atoms with Crippen LogP contribution in [0.4, 0.5) is 0 Å². The third-order valence-corrected chi connectivity index (χ3v) is 2.80. The average molecular weight is 209 g/mol. The van der Waals surface area contributed by atoms with E-state index in [0.717, 1.165) is 50.9 Å². The molecule has 0 radical (unpaired) electrons. The van der Waals surface area contributed by atoms with Gasteiger partial charge in [0.2, 0.25) is 0 Å². The van der Waals surface area contributed by atoms with Crippen LogP contribution < -0.4 is 5.32 Å². The van der Waals surface area contributed by atoms with Crippen molar-refractivity contribution < 1.29 is 0 Å². The monoisotopic (exact) mass is 209 g/mol. The molecule has 0 atom stereocenters. The summed E-state index contributed by atoms with van der Waals surface area (Å²) >= 11 is 0. The first-order valence-electron chi connectivity index (χ1n) is 5.57. The molecule has 15 heavy (non-hydrogen) atoms. The fraction of sp³-hybridized carbons (Fsp3) is 0.800. The summed E-state index contributed by atoms with van der Waals surface area (Å²) < 4.78 is 2.00. The van der Waals surface area contributed by atoms with Crippen molar-refractivity contribution in [2.24, 2.45) is 0 Å². The number of hydrogen-bond acceptors (Lipinski definition) is 4. The van der Waals surface area contributed by atoms with Crippen LogP contribution in [0.25, 0.3) is 0 Å². The highest BCUT2D eigenvalue weighted by molar-refractivity contribution is 4.87. The lowest BCUT2D eigenvalue weighted by molar-refractivity contribution is 0.228. The van der Waals surface area contributed by atoms with Gasteiger partial charge in [-0.2, -0.15) is 5.10 Å². The predicted molar refractivity (Wildman–Crippen MR) is 58.8 cm³/mol. The highest BCUT2D eigenvalue weighted by atomic mass is 15.4. The minimum Gasteiger partial charge on any atom is -0.314 e. The molecule has 0 unspecified atom stereocenters. The Morgan fingerprint density at radius 1 is 1.20 bits per heavy atom. The maximum Gasteiger partial charge on any atom is 0.147 e. The van der Waals surface area contributed by atoms with Crippen molar-refractivity contribution >= 4 is 0 Å². The molecule has 2 heterocycles. The van der Waals surface area contributed by atoms with Crippen LogP contribution in [0.1, 0.15) is 11.6 Å². The number of nitrogens with one attached hydrogen (secondary N) is 1. The number of nitrogens with zero attached hydrogens (tertiary/aromatic N) is 4. The summed E-state index contributed by atoms with van der Waals surface area (Å²) in [6, 6.07) is 0. The molecule has 0 saturated carbocycles. The molecule has 1 aliphatic rings. The van der Waals surface area contributed by atoms with Crippen LogP contribution >= 0.6 is 0 Å². The average Bonchev–Trinajstić information content (AvgIpc) is 2.56. The maximum absolute atomic E-state index is 4.36. The number of aromatic nitrogens is 3. The molecule has 1 fully saturated rings. The lowest BCUT2D eigenvalue weighted by Crippen LogP contribution is -2.44. The second-order valence-electron chi connectivity index (χ2n) is 4.02. The molecule has 2 rings (SSSR count). The molecule has 1 saturated heterocycles. The van der Waals surface area contributed by atoms with Gasteiger partial charge >= 0.3 is 0 Å². The Morgan fingerprint density at radius 3 is 2.53 bits per heavy atom. The van der Waals surface area contributed by atoms with Crippen LogP contribution in [-0.2, 0) is 6.54 Å². The lowest BCUT2D eigenvalue weighted by atomic mass is 10.3. The Kier molecular flexibility index (Phi) is 3.33. The summed E-state index contributed by atoms with van der Waals surface area (Å²) in [5.74, 6) is 1.88. The van der Waals surface area contributed by atoms with Crippen LogP contribution in [0.3, 0.4) is 0 Å². The topological polar surface area (TPSA) is 46.0 Å². The van der Waals surface area contributed by atoms with Crippen LogP contribution in [0.2, 0.25) is 0 Å². The molecule has 1 aromatic rings. The Balaban J connectivity index is 1.84. The van der Waals surface area contributed by atoms with Crippen molar-refractivity contribution in [1.29, 1.82) is 0 Å². The van der Waals surface area contributed by atoms with Gasteiger partial charge < -0.3 is 5.32 Å². The maximum atomic E-state index is 4.36. The predicted octanol–water partition coefficient (Wildman–Crippen LogP) is -0.200. The van der Waals surface area contributed by atoms with Gasteiger partial charge in [0.15, 0.2) is 0 Å². The van der Waals surface area contributed by atoms with Crippen LogP contribution in [0, 0.1) is 13.8 Å². The van der Waals surface area contributed by atoms with Crippen LogP contribution in [0.5, 0.6) is 0 Å². The van der Waals surface area contributed by atoms with E-state index >= 15 is 0 Å². The Hall–Kier alpha value is -0.940. The van der Waals surface area contributed by atoms with Gasteiger partial charge in [0.1, 0.15) is 11.6 Å². The Labute approximate surface area is 90.5 Å². The van der Waals surface area contributed by atoms with Crippen molar-refractivity contribution in [1.82, 2.24) is 25.0 Å². The normalized spacial score (nSPS) is 18.3. The third-order valence-electron chi connectivity index (χ3n) is 2.80. The van der Waals surface area contributed by atoms with Gasteiger partial charge in [0, 0.05) is 32.7 Å². The zero-order valence-electron chi connectivity index (χ0n) is 9.53. The number of hydrogen-bond donors (Lipinski definition) is 1. The second-order valence-corrected chi connectivity index (χ2v) is 4.02. The summed E-state index contributed by atoms with van der Waals surface area (Å²) in [6.07, 6.45) is 0. The van der Waals surface area contributed by atoms with E-state index in [0.29, 0.717) is 0 Å². The highest BCUT2D eigenvalue weighted by Crippen LogP contribution is 1.98. The molecular weight excluding hydrogens is 190 g/mol. The molecule has 0 aliphatic carbocycles. The van der Waals surface area contributed by atoms with Crippen LogP contribution in [0.15, 0.2) is 0 Å². The minimum atomic E-state index is 0.868. The molecule has 84 valence electrons. The van der Waals surface area contributed by atoms with E-state index in [1.54, 1.807) is 0 Å². The van der Waals surface area contributed by atoms with Crippen molar-refractivity contribution in [3.63, 3.8) is 0 Å². The zero-order chi connectivity index (χ0) is 10.7. The van der Waals surface area contributed by atoms with Crippen molar-refractivity contribution in [2.45, 2.75) is 20.4 Å². The van der Waals surface area contributed by atoms with Crippen molar-refractivity contribution in [3.05, 3.63) is 11.6 Å². The molecule has 1 aromatic heterocycles. The van der Waals surface area contributed by atoms with Crippen molar-refractivity contribution in [2.75, 3.05) is 32.7 Å². The largest absolute Gasteiger partial charge is 0.314 e. The summed E-state index contributed by atoms with van der Waals surface area (Å²) in [4.78, 5) is 6.76. The molecule has 0 amide bonds. The molecule has 1 N–H and O–H groups in total. The second kappa shape index (κ2) is 4.72. The molecule has 5 nitrogen and oxygen atoms in total. The third kappa shape index (κ3) is 2.76. The lowest BCUT2D eigenvalue weighted by Gasteiger charge is -2.26. The smallest absolute Gasteiger partial charge is 0.147 e. The molecule has 0 aromatic carbocycles. The fourth-order valence-corrected chi connectivity index (χ4v) is 1.94. The minimum absolute atomic E-state index is 0.868. The van der Waals surface area contributed by atoms with Gasteiger partial charge in [-0.25, -0.2) is 9.67 Å². The standard InChI is InChI=1S/C10H19N5/c1-9-12-10(2)15(13-9)8-7-14-5-3-11-4-6-14/h11H,3-8H2,1-2H3. The first-order valence-corrected chi connectivity index (χ1v) is 5.57. The summed E-state index contributed by atoms with van der Waals surface area (Å²) in [7, 11) is 0. The van der Waals surface area contributed by atoms with Gasteiger partial charge in [-0.1, -0.05) is 0 Å². The SMILES string of the molecule is Cc1nc(C)n(CCN2CCNCC2)n1. The van der Waals surface area contributed by atoms with Gasteiger partial charge in [-0.3, -0.25) is 4.90 Å². The van der Waals surface area contributed by atoms with Gasteiger partial charge in [-0.05, 0) is 13.8 Å². The van der Waals surface area contributed by atoms with Gasteiger partial charge in [0.25, 0.3) is 0 Å². The van der Waals surface area contributed by atoms with Crippen molar-refractivity contribution in [3.8, 4) is 0 Å². The van der Waals surface area contributed by atoms with E-state index in [4.69, 9.17) is 0 Å². The van der Waals surface area contributed by atoms with E-state index in [1.807, 2.05) is 18.5 Å². The fourth-order valence-electron chi connectivity index (χ4n) is 1.94. The Morgan fingerprint density at radius 2 is 1.93 bits per heavy atom. The zero-order valence-corrected chi connectivity index (χ0v) is 9.53. The molecule has 0 bridgehead atoms. The molecule has 1 aliphatic heterocycles. The van der Waals surface area contributed by atoms with Gasteiger partial charge in [0.05, 0.1) is 6.54 Å². The number of aryl methyl sites for hydroxylation is 2. The molecule has 0 spiro atoms. The van der Waals surface area contributed by atoms with Crippen LogP contribution in [-0.4, -0.2) is 52.4 Å². The van der Waals surface area contributed by atoms with E-state index in [-0.39, 0.29) is 0 Å². The van der Waals surface area contributed by atoms with E-state index < -0.39 is 0 Å². The molecular formula is C10H19N5.